The predicted molar refractivity (Wildman–Crippen MR) is 106 cm³/mol. The summed E-state index contributed by atoms with van der Waals surface area (Å²) >= 11 is 0. The molecule has 0 bridgehead atoms. The molecule has 0 spiro atoms. The quantitative estimate of drug-likeness (QED) is 0.760. The van der Waals surface area contributed by atoms with E-state index in [9.17, 15) is 13.2 Å². The van der Waals surface area contributed by atoms with Crippen molar-refractivity contribution in [2.75, 3.05) is 7.05 Å². The van der Waals surface area contributed by atoms with Gasteiger partial charge in [-0.3, -0.25) is 4.79 Å². The van der Waals surface area contributed by atoms with Crippen LogP contribution in [0.5, 0.6) is 5.75 Å². The zero-order valence-corrected chi connectivity index (χ0v) is 17.1. The molecule has 1 amide bonds. The summed E-state index contributed by atoms with van der Waals surface area (Å²) in [4.78, 5) is 12.7. The maximum Gasteiger partial charge on any atom is 0.252 e. The number of ether oxygens (including phenoxy) is 1. The molecule has 0 heterocycles. The Balaban J connectivity index is 2.18. The van der Waals surface area contributed by atoms with E-state index in [0.29, 0.717) is 11.1 Å². The SMILES string of the molecule is CNS(=O)(=O)c1ccc(C)c(C(=O)NC(C)c2ccc(OC(C)C)cc2)c1. The van der Waals surface area contributed by atoms with Crippen molar-refractivity contribution in [2.45, 2.75) is 44.7 Å². The number of amides is 1. The number of benzene rings is 2. The van der Waals surface area contributed by atoms with Gasteiger partial charge >= 0.3 is 0 Å². The lowest BCUT2D eigenvalue weighted by Gasteiger charge is -2.17. The lowest BCUT2D eigenvalue weighted by atomic mass is 10.1. The highest BCUT2D eigenvalue weighted by molar-refractivity contribution is 7.89. The van der Waals surface area contributed by atoms with Gasteiger partial charge in [-0.1, -0.05) is 18.2 Å². The highest BCUT2D eigenvalue weighted by Gasteiger charge is 2.18. The van der Waals surface area contributed by atoms with E-state index in [0.717, 1.165) is 11.3 Å². The van der Waals surface area contributed by atoms with Crippen LogP contribution in [0.2, 0.25) is 0 Å². The van der Waals surface area contributed by atoms with Crippen molar-refractivity contribution in [1.82, 2.24) is 10.0 Å². The predicted octanol–water partition coefficient (Wildman–Crippen LogP) is 3.18. The molecule has 27 heavy (non-hydrogen) atoms. The summed E-state index contributed by atoms with van der Waals surface area (Å²) in [7, 11) is -2.27. The maximum absolute atomic E-state index is 12.7. The van der Waals surface area contributed by atoms with Crippen LogP contribution in [0.25, 0.3) is 0 Å². The summed E-state index contributed by atoms with van der Waals surface area (Å²) < 4.78 is 31.8. The van der Waals surface area contributed by atoms with Crippen LogP contribution in [-0.2, 0) is 10.0 Å². The molecule has 0 aliphatic heterocycles. The van der Waals surface area contributed by atoms with E-state index in [1.807, 2.05) is 45.0 Å². The Hall–Kier alpha value is -2.38. The summed E-state index contributed by atoms with van der Waals surface area (Å²) in [6, 6.07) is 11.8. The summed E-state index contributed by atoms with van der Waals surface area (Å²) in [6.45, 7) is 7.57. The van der Waals surface area contributed by atoms with Gasteiger partial charge in [0.25, 0.3) is 5.91 Å². The first-order valence-electron chi connectivity index (χ1n) is 8.75. The van der Waals surface area contributed by atoms with E-state index < -0.39 is 10.0 Å². The van der Waals surface area contributed by atoms with E-state index >= 15 is 0 Å². The molecule has 2 aromatic rings. The molecule has 146 valence electrons. The van der Waals surface area contributed by atoms with Crippen molar-refractivity contribution in [1.29, 1.82) is 0 Å². The second-order valence-electron chi connectivity index (χ2n) is 6.62. The highest BCUT2D eigenvalue weighted by atomic mass is 32.2. The Bertz CT molecular complexity index is 906. The molecule has 0 saturated carbocycles. The van der Waals surface area contributed by atoms with Gasteiger partial charge in [0.2, 0.25) is 10.0 Å². The summed E-state index contributed by atoms with van der Waals surface area (Å²) in [6.07, 6.45) is 0.0946. The van der Waals surface area contributed by atoms with Crippen LogP contribution in [0.15, 0.2) is 47.4 Å². The van der Waals surface area contributed by atoms with Crippen LogP contribution in [-0.4, -0.2) is 27.5 Å². The van der Waals surface area contributed by atoms with Crippen LogP contribution in [0.1, 0.15) is 48.3 Å². The lowest BCUT2D eigenvalue weighted by Crippen LogP contribution is -2.28. The number of hydrogen-bond acceptors (Lipinski definition) is 4. The van der Waals surface area contributed by atoms with E-state index in [2.05, 4.69) is 10.0 Å². The highest BCUT2D eigenvalue weighted by Crippen LogP contribution is 2.20. The third-order valence-electron chi connectivity index (χ3n) is 4.13. The van der Waals surface area contributed by atoms with Gasteiger partial charge in [0.05, 0.1) is 17.0 Å². The average Bonchev–Trinajstić information content (AvgIpc) is 2.61. The summed E-state index contributed by atoms with van der Waals surface area (Å²) in [5.41, 5.74) is 1.96. The van der Waals surface area contributed by atoms with Crippen LogP contribution in [0.3, 0.4) is 0 Å². The third-order valence-corrected chi connectivity index (χ3v) is 5.54. The fourth-order valence-electron chi connectivity index (χ4n) is 2.60. The molecule has 2 rings (SSSR count). The minimum absolute atomic E-state index is 0.0589. The van der Waals surface area contributed by atoms with Crippen molar-refractivity contribution >= 4 is 15.9 Å². The average molecular weight is 391 g/mol. The Morgan fingerprint density at radius 1 is 1.04 bits per heavy atom. The molecule has 0 aliphatic carbocycles. The fraction of sp³-hybridized carbons (Fsp3) is 0.350. The lowest BCUT2D eigenvalue weighted by molar-refractivity contribution is 0.0939. The molecule has 0 aromatic heterocycles. The van der Waals surface area contributed by atoms with Crippen LogP contribution in [0.4, 0.5) is 0 Å². The van der Waals surface area contributed by atoms with Gasteiger partial charge in [-0.25, -0.2) is 13.1 Å². The molecule has 0 aliphatic rings. The Labute approximate surface area is 161 Å². The third kappa shape index (κ3) is 5.30. The first-order valence-corrected chi connectivity index (χ1v) is 10.2. The number of carbonyl (C=O) groups is 1. The number of aryl methyl sites for hydroxylation is 1. The van der Waals surface area contributed by atoms with Crippen LogP contribution >= 0.6 is 0 Å². The van der Waals surface area contributed by atoms with E-state index in [4.69, 9.17) is 4.74 Å². The van der Waals surface area contributed by atoms with Crippen LogP contribution in [0, 0.1) is 6.92 Å². The van der Waals surface area contributed by atoms with Crippen molar-refractivity contribution in [3.8, 4) is 5.75 Å². The zero-order chi connectivity index (χ0) is 20.2. The molecule has 7 heteroatoms. The number of hydrogen-bond donors (Lipinski definition) is 2. The maximum atomic E-state index is 12.7. The second kappa shape index (κ2) is 8.54. The number of rotatable bonds is 7. The van der Waals surface area contributed by atoms with Crippen molar-refractivity contribution in [3.63, 3.8) is 0 Å². The summed E-state index contributed by atoms with van der Waals surface area (Å²) in [5.74, 6) is 0.448. The van der Waals surface area contributed by atoms with Gasteiger partial charge in [-0.2, -0.15) is 0 Å². The normalized spacial score (nSPS) is 12.7. The smallest absolute Gasteiger partial charge is 0.252 e. The van der Waals surface area contributed by atoms with E-state index in [1.165, 1.54) is 19.2 Å². The monoisotopic (exact) mass is 390 g/mol. The zero-order valence-electron chi connectivity index (χ0n) is 16.2. The molecule has 0 fully saturated rings. The van der Waals surface area contributed by atoms with Gasteiger partial charge in [-0.05, 0) is 70.1 Å². The van der Waals surface area contributed by atoms with E-state index in [-0.39, 0.29) is 22.9 Å². The Kier molecular flexibility index (Phi) is 6.62. The standard InChI is InChI=1S/C20H26N2O4S/c1-13(2)26-17-9-7-16(8-10-17)15(4)22-20(23)19-12-18(11-6-14(19)3)27(24,25)21-5/h6-13,15,21H,1-5H3,(H,22,23). The van der Waals surface area contributed by atoms with Crippen molar-refractivity contribution in [2.24, 2.45) is 0 Å². The first kappa shape index (κ1) is 20.9. The van der Waals surface area contributed by atoms with Gasteiger partial charge in [0, 0.05) is 5.56 Å². The molecule has 6 nitrogen and oxygen atoms in total. The number of sulfonamides is 1. The number of nitrogens with one attached hydrogen (secondary N) is 2. The van der Waals surface area contributed by atoms with Crippen molar-refractivity contribution in [3.05, 3.63) is 59.2 Å². The van der Waals surface area contributed by atoms with Gasteiger partial charge in [0.15, 0.2) is 0 Å². The fourth-order valence-corrected chi connectivity index (χ4v) is 3.35. The van der Waals surface area contributed by atoms with Gasteiger partial charge < -0.3 is 10.1 Å². The molecule has 0 radical (unpaired) electrons. The second-order valence-corrected chi connectivity index (χ2v) is 8.50. The molecule has 1 unspecified atom stereocenters. The molecule has 2 N–H and O–H groups in total. The largest absolute Gasteiger partial charge is 0.491 e. The molecular weight excluding hydrogens is 364 g/mol. The molecule has 0 saturated heterocycles. The van der Waals surface area contributed by atoms with Crippen molar-refractivity contribution < 1.29 is 17.9 Å². The number of carbonyl (C=O) groups excluding carboxylic acids is 1. The van der Waals surface area contributed by atoms with Crippen LogP contribution < -0.4 is 14.8 Å². The van der Waals surface area contributed by atoms with E-state index in [1.54, 1.807) is 13.0 Å². The minimum atomic E-state index is -3.61. The Morgan fingerprint density at radius 2 is 1.67 bits per heavy atom. The minimum Gasteiger partial charge on any atom is -0.491 e. The van der Waals surface area contributed by atoms with Gasteiger partial charge in [0.1, 0.15) is 5.75 Å². The molecule has 1 atom stereocenters. The molecular formula is C20H26N2O4S. The van der Waals surface area contributed by atoms with Gasteiger partial charge in [-0.15, -0.1) is 0 Å². The first-order chi connectivity index (χ1) is 12.6. The summed E-state index contributed by atoms with van der Waals surface area (Å²) in [5, 5.41) is 2.92. The molecule has 2 aromatic carbocycles. The Morgan fingerprint density at radius 3 is 2.22 bits per heavy atom. The topological polar surface area (TPSA) is 84.5 Å².